The van der Waals surface area contributed by atoms with E-state index in [0.717, 1.165) is 32.2 Å². The van der Waals surface area contributed by atoms with Gasteiger partial charge in [-0.05, 0) is 32.7 Å². The average molecular weight is 256 g/mol. The van der Waals surface area contributed by atoms with E-state index in [1.165, 1.54) is 0 Å². The zero-order valence-corrected chi connectivity index (χ0v) is 11.3. The average Bonchev–Trinajstić information content (AvgIpc) is 2.35. The van der Waals surface area contributed by atoms with Gasteiger partial charge < -0.3 is 10.4 Å². The summed E-state index contributed by atoms with van der Waals surface area (Å²) < 4.78 is 0. The van der Waals surface area contributed by atoms with Gasteiger partial charge in [0.15, 0.2) is 0 Å². The molecule has 1 rings (SSSR count). The lowest BCUT2D eigenvalue weighted by molar-refractivity contribution is -0.140. The molecule has 1 saturated heterocycles. The van der Waals surface area contributed by atoms with E-state index in [4.69, 9.17) is 5.11 Å². The van der Waals surface area contributed by atoms with Gasteiger partial charge in [0, 0.05) is 12.6 Å². The molecule has 0 aromatic carbocycles. The van der Waals surface area contributed by atoms with Crippen molar-refractivity contribution in [3.05, 3.63) is 0 Å². The predicted molar refractivity (Wildman–Crippen MR) is 69.4 cm³/mol. The van der Waals surface area contributed by atoms with E-state index in [1.807, 2.05) is 18.7 Å². The number of carbonyl (C=O) groups excluding carboxylic acids is 1. The molecule has 5 nitrogen and oxygen atoms in total. The number of likely N-dealkylation sites (tertiary alicyclic amines) is 1. The summed E-state index contributed by atoms with van der Waals surface area (Å²) in [5.41, 5.74) is 0. The first-order chi connectivity index (χ1) is 8.56. The third-order valence-corrected chi connectivity index (χ3v) is 3.51. The maximum absolute atomic E-state index is 11.9. The van der Waals surface area contributed by atoms with Gasteiger partial charge in [0.2, 0.25) is 5.91 Å². The Bertz CT molecular complexity index is 294. The highest BCUT2D eigenvalue weighted by Crippen LogP contribution is 2.22. The molecule has 2 atom stereocenters. The molecule has 2 unspecified atom stereocenters. The molecule has 0 aromatic heterocycles. The lowest BCUT2D eigenvalue weighted by atomic mass is 9.97. The van der Waals surface area contributed by atoms with Crippen molar-refractivity contribution in [1.82, 2.24) is 10.2 Å². The second-order valence-corrected chi connectivity index (χ2v) is 4.95. The minimum atomic E-state index is -0.784. The molecule has 1 amide bonds. The Morgan fingerprint density at radius 2 is 2.17 bits per heavy atom. The van der Waals surface area contributed by atoms with Gasteiger partial charge >= 0.3 is 5.97 Å². The van der Waals surface area contributed by atoms with Crippen LogP contribution in [0.15, 0.2) is 0 Å². The van der Waals surface area contributed by atoms with Crippen molar-refractivity contribution in [3.8, 4) is 0 Å². The van der Waals surface area contributed by atoms with Gasteiger partial charge in [-0.2, -0.15) is 0 Å². The number of rotatable bonds is 6. The molecular formula is C13H24N2O3. The number of nitrogens with zero attached hydrogens (tertiary/aromatic N) is 1. The molecule has 1 aliphatic heterocycles. The molecule has 0 spiro atoms. The number of hydrogen-bond donors (Lipinski definition) is 2. The summed E-state index contributed by atoms with van der Waals surface area (Å²) in [5, 5.41) is 11.8. The predicted octanol–water partition coefficient (Wildman–Crippen LogP) is 1.23. The van der Waals surface area contributed by atoms with E-state index in [1.54, 1.807) is 0 Å². The van der Waals surface area contributed by atoms with E-state index >= 15 is 0 Å². The molecule has 0 aromatic rings. The number of carbonyl (C=O) groups is 2. The van der Waals surface area contributed by atoms with Crippen molar-refractivity contribution >= 4 is 11.9 Å². The van der Waals surface area contributed by atoms with Crippen LogP contribution >= 0.6 is 0 Å². The van der Waals surface area contributed by atoms with E-state index in [0.29, 0.717) is 6.54 Å². The highest BCUT2D eigenvalue weighted by molar-refractivity contribution is 5.81. The zero-order chi connectivity index (χ0) is 13.5. The van der Waals surface area contributed by atoms with Crippen molar-refractivity contribution in [2.24, 2.45) is 0 Å². The molecule has 2 N–H and O–H groups in total. The fourth-order valence-corrected chi connectivity index (χ4v) is 2.50. The molecule has 0 bridgehead atoms. The van der Waals surface area contributed by atoms with Crippen LogP contribution in [0.4, 0.5) is 0 Å². The molecule has 5 heteroatoms. The second kappa shape index (κ2) is 7.36. The van der Waals surface area contributed by atoms with Crippen LogP contribution in [0.1, 0.15) is 46.0 Å². The highest BCUT2D eigenvalue weighted by Gasteiger charge is 2.31. The summed E-state index contributed by atoms with van der Waals surface area (Å²) in [5.74, 6) is -0.776. The Morgan fingerprint density at radius 3 is 2.78 bits per heavy atom. The summed E-state index contributed by atoms with van der Waals surface area (Å²) in [6, 6.07) is -0.236. The number of nitrogens with one attached hydrogen (secondary N) is 1. The lowest BCUT2D eigenvalue weighted by Gasteiger charge is -2.38. The lowest BCUT2D eigenvalue weighted by Crippen LogP contribution is -2.52. The summed E-state index contributed by atoms with van der Waals surface area (Å²) in [6.07, 6.45) is 4.01. The molecule has 1 aliphatic rings. The molecular weight excluding hydrogens is 232 g/mol. The number of carboxylic acid groups (broad SMARTS) is 1. The van der Waals surface area contributed by atoms with Crippen LogP contribution in [0.5, 0.6) is 0 Å². The summed E-state index contributed by atoms with van der Waals surface area (Å²) in [4.78, 5) is 24.8. The van der Waals surface area contributed by atoms with Gasteiger partial charge in [0.1, 0.15) is 0 Å². The van der Waals surface area contributed by atoms with Gasteiger partial charge in [-0.1, -0.05) is 13.3 Å². The van der Waals surface area contributed by atoms with Crippen LogP contribution in [-0.4, -0.2) is 47.1 Å². The topological polar surface area (TPSA) is 69.6 Å². The van der Waals surface area contributed by atoms with Crippen LogP contribution in [0.2, 0.25) is 0 Å². The number of hydrogen-bond acceptors (Lipinski definition) is 3. The molecule has 0 aliphatic carbocycles. The molecule has 104 valence electrons. The monoisotopic (exact) mass is 256 g/mol. The second-order valence-electron chi connectivity index (χ2n) is 4.95. The first-order valence-electron chi connectivity index (χ1n) is 6.81. The fourth-order valence-electron chi connectivity index (χ4n) is 2.50. The SMILES string of the molecule is CCCNC(=O)C(C)N1CCCCC1CC(=O)O. The molecule has 18 heavy (non-hydrogen) atoms. The van der Waals surface area contributed by atoms with Crippen LogP contribution in [0.25, 0.3) is 0 Å². The van der Waals surface area contributed by atoms with E-state index < -0.39 is 5.97 Å². The summed E-state index contributed by atoms with van der Waals surface area (Å²) in [7, 11) is 0. The minimum absolute atomic E-state index is 0.00127. The van der Waals surface area contributed by atoms with E-state index in [9.17, 15) is 9.59 Å². The van der Waals surface area contributed by atoms with Gasteiger partial charge in [-0.15, -0.1) is 0 Å². The molecule has 1 heterocycles. The van der Waals surface area contributed by atoms with Crippen LogP contribution in [0, 0.1) is 0 Å². The van der Waals surface area contributed by atoms with Crippen LogP contribution < -0.4 is 5.32 Å². The minimum Gasteiger partial charge on any atom is -0.481 e. The molecule has 1 fully saturated rings. The first kappa shape index (κ1) is 15.0. The van der Waals surface area contributed by atoms with Gasteiger partial charge in [-0.25, -0.2) is 0 Å². The van der Waals surface area contributed by atoms with E-state index in [-0.39, 0.29) is 24.4 Å². The summed E-state index contributed by atoms with van der Waals surface area (Å²) in [6.45, 7) is 5.38. The Morgan fingerprint density at radius 1 is 1.44 bits per heavy atom. The van der Waals surface area contributed by atoms with Gasteiger partial charge in [0.05, 0.1) is 12.5 Å². The number of piperidine rings is 1. The third-order valence-electron chi connectivity index (χ3n) is 3.51. The van der Waals surface area contributed by atoms with Crippen molar-refractivity contribution in [1.29, 1.82) is 0 Å². The van der Waals surface area contributed by atoms with Crippen molar-refractivity contribution in [2.75, 3.05) is 13.1 Å². The van der Waals surface area contributed by atoms with Crippen molar-refractivity contribution in [3.63, 3.8) is 0 Å². The van der Waals surface area contributed by atoms with Crippen molar-refractivity contribution < 1.29 is 14.7 Å². The standard InChI is InChI=1S/C13H24N2O3/c1-3-7-14-13(18)10(2)15-8-5-4-6-11(15)9-12(16)17/h10-11H,3-9H2,1-2H3,(H,14,18)(H,16,17). The molecule has 0 radical (unpaired) electrons. The maximum atomic E-state index is 11.9. The maximum Gasteiger partial charge on any atom is 0.304 e. The van der Waals surface area contributed by atoms with Crippen LogP contribution in [0.3, 0.4) is 0 Å². The van der Waals surface area contributed by atoms with Crippen LogP contribution in [-0.2, 0) is 9.59 Å². The Balaban J connectivity index is 2.58. The Kier molecular flexibility index (Phi) is 6.12. The van der Waals surface area contributed by atoms with Gasteiger partial charge in [0.25, 0.3) is 0 Å². The summed E-state index contributed by atoms with van der Waals surface area (Å²) >= 11 is 0. The largest absolute Gasteiger partial charge is 0.481 e. The Hall–Kier alpha value is -1.10. The Labute approximate surface area is 109 Å². The zero-order valence-electron chi connectivity index (χ0n) is 11.3. The quantitative estimate of drug-likeness (QED) is 0.750. The van der Waals surface area contributed by atoms with E-state index in [2.05, 4.69) is 5.32 Å². The number of amides is 1. The highest BCUT2D eigenvalue weighted by atomic mass is 16.4. The van der Waals surface area contributed by atoms with Gasteiger partial charge in [-0.3, -0.25) is 14.5 Å². The molecule has 0 saturated carbocycles. The number of carboxylic acids is 1. The third kappa shape index (κ3) is 4.29. The fraction of sp³-hybridized carbons (Fsp3) is 0.846. The van der Waals surface area contributed by atoms with Crippen molar-refractivity contribution in [2.45, 2.75) is 58.0 Å². The first-order valence-corrected chi connectivity index (χ1v) is 6.81. The normalized spacial score (nSPS) is 22.4. The smallest absolute Gasteiger partial charge is 0.304 e. The number of aliphatic carboxylic acids is 1.